The summed E-state index contributed by atoms with van der Waals surface area (Å²) in [6, 6.07) is 19.5. The summed E-state index contributed by atoms with van der Waals surface area (Å²) in [5.41, 5.74) is 0.575. The first-order valence-electron chi connectivity index (χ1n) is 7.86. The summed E-state index contributed by atoms with van der Waals surface area (Å²) >= 11 is 7.53. The van der Waals surface area contributed by atoms with E-state index in [0.29, 0.717) is 16.5 Å². The lowest BCUT2D eigenvalue weighted by molar-refractivity contribution is -0.115. The highest BCUT2D eigenvalue weighted by molar-refractivity contribution is 8.00. The zero-order valence-corrected chi connectivity index (χ0v) is 15.5. The number of carbonyl (C=O) groups excluding carboxylic acids is 1. The molecule has 3 rings (SSSR count). The normalized spacial score (nSPS) is 12.0. The second kappa shape index (κ2) is 7.81. The molecule has 0 aliphatic heterocycles. The first kappa shape index (κ1) is 17.6. The average Bonchev–Trinajstić information content (AvgIpc) is 2.61. The number of halogens is 1. The second-order valence-electron chi connectivity index (χ2n) is 5.60. The summed E-state index contributed by atoms with van der Waals surface area (Å²) in [4.78, 5) is 13.6. The van der Waals surface area contributed by atoms with Crippen molar-refractivity contribution in [3.05, 3.63) is 65.7 Å². The molecule has 0 fully saturated rings. The predicted molar refractivity (Wildman–Crippen MR) is 106 cm³/mol. The molecule has 0 aromatic heterocycles. The number of amides is 1. The maximum atomic E-state index is 12.5. The van der Waals surface area contributed by atoms with Gasteiger partial charge in [0.05, 0.1) is 18.0 Å². The van der Waals surface area contributed by atoms with E-state index in [-0.39, 0.29) is 11.2 Å². The summed E-state index contributed by atoms with van der Waals surface area (Å²) in [6.45, 7) is 1.88. The topological polar surface area (TPSA) is 38.3 Å². The van der Waals surface area contributed by atoms with Gasteiger partial charge in [0, 0.05) is 9.92 Å². The molecule has 1 amide bonds. The zero-order chi connectivity index (χ0) is 17.8. The molecule has 5 heteroatoms. The highest BCUT2D eigenvalue weighted by Crippen LogP contribution is 2.30. The SMILES string of the molecule is COc1ccc(Cl)cc1NC(=O)[C@@H](C)Sc1ccc2ccccc2c1. The largest absolute Gasteiger partial charge is 0.495 e. The second-order valence-corrected chi connectivity index (χ2v) is 7.45. The van der Waals surface area contributed by atoms with Gasteiger partial charge in [0.15, 0.2) is 0 Å². The quantitative estimate of drug-likeness (QED) is 0.591. The van der Waals surface area contributed by atoms with Crippen LogP contribution in [0.2, 0.25) is 5.02 Å². The van der Waals surface area contributed by atoms with Crippen molar-refractivity contribution in [1.82, 2.24) is 0 Å². The van der Waals surface area contributed by atoms with Gasteiger partial charge < -0.3 is 10.1 Å². The number of benzene rings is 3. The smallest absolute Gasteiger partial charge is 0.237 e. The fourth-order valence-electron chi connectivity index (χ4n) is 2.51. The molecular weight excluding hydrogens is 354 g/mol. The molecule has 3 nitrogen and oxygen atoms in total. The lowest BCUT2D eigenvalue weighted by Gasteiger charge is -2.15. The number of rotatable bonds is 5. The third-order valence-electron chi connectivity index (χ3n) is 3.82. The molecule has 1 N–H and O–H groups in total. The molecule has 0 aliphatic carbocycles. The van der Waals surface area contributed by atoms with Gasteiger partial charge in [-0.25, -0.2) is 0 Å². The van der Waals surface area contributed by atoms with Crippen LogP contribution < -0.4 is 10.1 Å². The summed E-state index contributed by atoms with van der Waals surface area (Å²) in [5.74, 6) is 0.486. The highest BCUT2D eigenvalue weighted by Gasteiger charge is 2.17. The van der Waals surface area contributed by atoms with Gasteiger partial charge in [-0.2, -0.15) is 0 Å². The van der Waals surface area contributed by atoms with Crippen molar-refractivity contribution in [3.63, 3.8) is 0 Å². The Morgan fingerprint density at radius 3 is 2.60 bits per heavy atom. The molecule has 128 valence electrons. The van der Waals surface area contributed by atoms with Gasteiger partial charge in [0.1, 0.15) is 5.75 Å². The van der Waals surface area contributed by atoms with Crippen molar-refractivity contribution in [2.75, 3.05) is 12.4 Å². The van der Waals surface area contributed by atoms with Gasteiger partial charge in [0.2, 0.25) is 5.91 Å². The Morgan fingerprint density at radius 2 is 1.84 bits per heavy atom. The van der Waals surface area contributed by atoms with Crippen molar-refractivity contribution < 1.29 is 9.53 Å². The number of anilines is 1. The van der Waals surface area contributed by atoms with E-state index >= 15 is 0 Å². The predicted octanol–water partition coefficient (Wildman–Crippen LogP) is 5.62. The van der Waals surface area contributed by atoms with Crippen LogP contribution in [0.1, 0.15) is 6.92 Å². The van der Waals surface area contributed by atoms with Crippen molar-refractivity contribution in [1.29, 1.82) is 0 Å². The van der Waals surface area contributed by atoms with Crippen LogP contribution in [0.15, 0.2) is 65.6 Å². The summed E-state index contributed by atoms with van der Waals surface area (Å²) in [6.07, 6.45) is 0. The molecule has 0 unspecified atom stereocenters. The average molecular weight is 372 g/mol. The van der Waals surface area contributed by atoms with E-state index in [1.54, 1.807) is 25.3 Å². The monoisotopic (exact) mass is 371 g/mol. The van der Waals surface area contributed by atoms with Crippen LogP contribution in [0, 0.1) is 0 Å². The molecule has 0 saturated carbocycles. The Bertz CT molecular complexity index is 913. The van der Waals surface area contributed by atoms with Crippen molar-refractivity contribution in [2.24, 2.45) is 0 Å². The number of nitrogens with one attached hydrogen (secondary N) is 1. The van der Waals surface area contributed by atoms with Crippen molar-refractivity contribution >= 4 is 45.7 Å². The van der Waals surface area contributed by atoms with Crippen molar-refractivity contribution in [3.8, 4) is 5.75 Å². The van der Waals surface area contributed by atoms with Crippen LogP contribution in [-0.4, -0.2) is 18.3 Å². The third kappa shape index (κ3) is 4.27. The summed E-state index contributed by atoms with van der Waals surface area (Å²) in [7, 11) is 1.56. The molecule has 0 bridgehead atoms. The van der Waals surface area contributed by atoms with Gasteiger partial charge >= 0.3 is 0 Å². The number of thioether (sulfide) groups is 1. The maximum absolute atomic E-state index is 12.5. The molecule has 0 aliphatic rings. The first-order valence-corrected chi connectivity index (χ1v) is 9.12. The van der Waals surface area contributed by atoms with Gasteiger partial charge in [-0.15, -0.1) is 11.8 Å². The number of hydrogen-bond acceptors (Lipinski definition) is 3. The van der Waals surface area contributed by atoms with Crippen LogP contribution in [-0.2, 0) is 4.79 Å². The number of fused-ring (bicyclic) bond motifs is 1. The van der Waals surface area contributed by atoms with E-state index in [0.717, 1.165) is 10.3 Å². The van der Waals surface area contributed by atoms with Crippen LogP contribution in [0.25, 0.3) is 10.8 Å². The van der Waals surface area contributed by atoms with E-state index in [2.05, 4.69) is 29.6 Å². The molecule has 0 spiro atoms. The highest BCUT2D eigenvalue weighted by atomic mass is 35.5. The fraction of sp³-hybridized carbons (Fsp3) is 0.150. The summed E-state index contributed by atoms with van der Waals surface area (Å²) < 4.78 is 5.27. The van der Waals surface area contributed by atoms with Gasteiger partial charge in [-0.1, -0.05) is 41.9 Å². The minimum absolute atomic E-state index is 0.0984. The van der Waals surface area contributed by atoms with Gasteiger partial charge in [-0.05, 0) is 48.0 Å². The summed E-state index contributed by atoms with van der Waals surface area (Å²) in [5, 5.41) is 5.53. The number of methoxy groups -OCH3 is 1. The molecule has 1 atom stereocenters. The Hall–Kier alpha value is -2.17. The van der Waals surface area contributed by atoms with Crippen LogP contribution >= 0.6 is 23.4 Å². The molecule has 3 aromatic carbocycles. The molecule has 0 saturated heterocycles. The van der Waals surface area contributed by atoms with E-state index in [4.69, 9.17) is 16.3 Å². The Labute approximate surface area is 156 Å². The van der Waals surface area contributed by atoms with E-state index < -0.39 is 0 Å². The molecule has 25 heavy (non-hydrogen) atoms. The van der Waals surface area contributed by atoms with E-state index in [1.165, 1.54) is 17.1 Å². The lowest BCUT2D eigenvalue weighted by atomic mass is 10.1. The number of hydrogen-bond donors (Lipinski definition) is 1. The molecular formula is C20H18ClNO2S. The number of carbonyl (C=O) groups is 1. The lowest BCUT2D eigenvalue weighted by Crippen LogP contribution is -2.22. The van der Waals surface area contributed by atoms with E-state index in [9.17, 15) is 4.79 Å². The molecule has 0 heterocycles. The minimum Gasteiger partial charge on any atom is -0.495 e. The molecule has 0 radical (unpaired) electrons. The van der Waals surface area contributed by atoms with Crippen LogP contribution in [0.5, 0.6) is 5.75 Å². The fourth-order valence-corrected chi connectivity index (χ4v) is 3.60. The van der Waals surface area contributed by atoms with Crippen LogP contribution in [0.4, 0.5) is 5.69 Å². The Morgan fingerprint density at radius 1 is 1.08 bits per heavy atom. The van der Waals surface area contributed by atoms with E-state index in [1.807, 2.05) is 25.1 Å². The number of ether oxygens (including phenoxy) is 1. The van der Waals surface area contributed by atoms with Crippen LogP contribution in [0.3, 0.4) is 0 Å². The van der Waals surface area contributed by atoms with Crippen molar-refractivity contribution in [2.45, 2.75) is 17.1 Å². The van der Waals surface area contributed by atoms with Gasteiger partial charge in [-0.3, -0.25) is 4.79 Å². The Balaban J connectivity index is 1.72. The first-order chi connectivity index (χ1) is 12.1. The minimum atomic E-state index is -0.259. The zero-order valence-electron chi connectivity index (χ0n) is 14.0. The maximum Gasteiger partial charge on any atom is 0.237 e. The van der Waals surface area contributed by atoms with Gasteiger partial charge in [0.25, 0.3) is 0 Å². The molecule has 3 aromatic rings. The standard InChI is InChI=1S/C20H18ClNO2S/c1-13(20(23)22-18-12-16(21)8-10-19(18)24-2)25-17-9-7-14-5-3-4-6-15(14)11-17/h3-13H,1-2H3,(H,22,23)/t13-/m1/s1. The third-order valence-corrected chi connectivity index (χ3v) is 5.15. The Kier molecular flexibility index (Phi) is 5.51.